The van der Waals surface area contributed by atoms with Crippen LogP contribution in [0.25, 0.3) is 0 Å². The molecule has 0 bridgehead atoms. The molecule has 0 aromatic heterocycles. The van der Waals surface area contributed by atoms with Gasteiger partial charge < -0.3 is 9.47 Å². The number of halogens is 1. The number of nitrogens with zero attached hydrogens (tertiary/aromatic N) is 1. The quantitative estimate of drug-likeness (QED) is 0.620. The number of methoxy groups -OCH3 is 1. The summed E-state index contributed by atoms with van der Waals surface area (Å²) in [5.41, 5.74) is 3.23. The summed E-state index contributed by atoms with van der Waals surface area (Å²) in [4.78, 5) is 12.0. The SMILES string of the molecule is COc1ccccc1C=NNC(=O)C(C)Oc1ccc(Br)cc1. The molecule has 1 amide bonds. The van der Waals surface area contributed by atoms with Gasteiger partial charge in [0.2, 0.25) is 0 Å². The Morgan fingerprint density at radius 2 is 1.91 bits per heavy atom. The van der Waals surface area contributed by atoms with Gasteiger partial charge in [0.25, 0.3) is 5.91 Å². The summed E-state index contributed by atoms with van der Waals surface area (Å²) in [7, 11) is 1.58. The Kier molecular flexibility index (Phi) is 6.17. The van der Waals surface area contributed by atoms with Crippen LogP contribution in [0.15, 0.2) is 58.1 Å². The molecule has 1 N–H and O–H groups in total. The number of para-hydroxylation sites is 1. The molecule has 2 rings (SSSR count). The summed E-state index contributed by atoms with van der Waals surface area (Å²) in [5, 5.41) is 3.93. The number of hydrogen-bond acceptors (Lipinski definition) is 4. The molecule has 0 radical (unpaired) electrons. The zero-order chi connectivity index (χ0) is 16.7. The molecule has 0 saturated carbocycles. The molecule has 1 atom stereocenters. The fraction of sp³-hybridized carbons (Fsp3) is 0.176. The van der Waals surface area contributed by atoms with E-state index in [-0.39, 0.29) is 5.91 Å². The van der Waals surface area contributed by atoms with E-state index < -0.39 is 6.10 Å². The molecule has 0 aliphatic heterocycles. The van der Waals surface area contributed by atoms with Crippen molar-refractivity contribution >= 4 is 28.1 Å². The number of hydrogen-bond donors (Lipinski definition) is 1. The molecule has 0 spiro atoms. The van der Waals surface area contributed by atoms with Gasteiger partial charge >= 0.3 is 0 Å². The molecule has 120 valence electrons. The second-order valence-electron chi connectivity index (χ2n) is 4.69. The van der Waals surface area contributed by atoms with Gasteiger partial charge in [-0.3, -0.25) is 4.79 Å². The van der Waals surface area contributed by atoms with E-state index in [4.69, 9.17) is 9.47 Å². The lowest BCUT2D eigenvalue weighted by atomic mass is 10.2. The molecule has 0 fully saturated rings. The van der Waals surface area contributed by atoms with Crippen LogP contribution in [0.5, 0.6) is 11.5 Å². The van der Waals surface area contributed by atoms with E-state index in [2.05, 4.69) is 26.5 Å². The van der Waals surface area contributed by atoms with Crippen molar-refractivity contribution in [2.24, 2.45) is 5.10 Å². The Bertz CT molecular complexity index is 686. The Hall–Kier alpha value is -2.34. The number of amides is 1. The Labute approximate surface area is 143 Å². The second-order valence-corrected chi connectivity index (χ2v) is 5.61. The summed E-state index contributed by atoms with van der Waals surface area (Å²) in [6, 6.07) is 14.7. The van der Waals surface area contributed by atoms with Crippen LogP contribution in [0.2, 0.25) is 0 Å². The first-order valence-corrected chi connectivity index (χ1v) is 7.77. The first-order valence-electron chi connectivity index (χ1n) is 6.98. The van der Waals surface area contributed by atoms with E-state index in [0.29, 0.717) is 11.5 Å². The van der Waals surface area contributed by atoms with Gasteiger partial charge in [-0.05, 0) is 43.3 Å². The third-order valence-electron chi connectivity index (χ3n) is 3.01. The zero-order valence-corrected chi connectivity index (χ0v) is 14.4. The number of rotatable bonds is 6. The minimum absolute atomic E-state index is 0.334. The van der Waals surface area contributed by atoms with Gasteiger partial charge in [-0.2, -0.15) is 5.10 Å². The smallest absolute Gasteiger partial charge is 0.280 e. The first kappa shape index (κ1) is 17.0. The molecule has 23 heavy (non-hydrogen) atoms. The fourth-order valence-electron chi connectivity index (χ4n) is 1.80. The molecule has 1 unspecified atom stereocenters. The van der Waals surface area contributed by atoms with E-state index in [0.717, 1.165) is 10.0 Å². The molecular weight excluding hydrogens is 360 g/mol. The van der Waals surface area contributed by atoms with Crippen molar-refractivity contribution in [2.45, 2.75) is 13.0 Å². The first-order chi connectivity index (χ1) is 11.1. The lowest BCUT2D eigenvalue weighted by Crippen LogP contribution is -2.33. The zero-order valence-electron chi connectivity index (χ0n) is 12.8. The summed E-state index contributed by atoms with van der Waals surface area (Å²) >= 11 is 3.34. The van der Waals surface area contributed by atoms with Crippen molar-refractivity contribution in [3.05, 3.63) is 58.6 Å². The van der Waals surface area contributed by atoms with Gasteiger partial charge in [0.1, 0.15) is 11.5 Å². The van der Waals surface area contributed by atoms with Gasteiger partial charge in [0.15, 0.2) is 6.10 Å². The number of ether oxygens (including phenoxy) is 2. The summed E-state index contributed by atoms with van der Waals surface area (Å²) in [6.45, 7) is 1.66. The molecule has 0 heterocycles. The van der Waals surface area contributed by atoms with Crippen LogP contribution in [0.3, 0.4) is 0 Å². The van der Waals surface area contributed by atoms with Crippen LogP contribution < -0.4 is 14.9 Å². The summed E-state index contributed by atoms with van der Waals surface area (Å²) < 4.78 is 11.7. The van der Waals surface area contributed by atoms with E-state index >= 15 is 0 Å². The van der Waals surface area contributed by atoms with Crippen LogP contribution in [-0.4, -0.2) is 25.3 Å². The highest BCUT2D eigenvalue weighted by Crippen LogP contribution is 2.17. The molecule has 5 nitrogen and oxygen atoms in total. The van der Waals surface area contributed by atoms with E-state index in [9.17, 15) is 4.79 Å². The molecule has 6 heteroatoms. The maximum absolute atomic E-state index is 12.0. The number of carbonyl (C=O) groups is 1. The third kappa shape index (κ3) is 5.10. The Morgan fingerprint density at radius 3 is 2.61 bits per heavy atom. The maximum atomic E-state index is 12.0. The molecule has 2 aromatic rings. The Balaban J connectivity index is 1.90. The number of benzene rings is 2. The van der Waals surface area contributed by atoms with Crippen LogP contribution in [0, 0.1) is 0 Å². The average molecular weight is 377 g/mol. The maximum Gasteiger partial charge on any atom is 0.280 e. The van der Waals surface area contributed by atoms with Crippen LogP contribution >= 0.6 is 15.9 Å². The van der Waals surface area contributed by atoms with Crippen molar-refractivity contribution in [2.75, 3.05) is 7.11 Å². The van der Waals surface area contributed by atoms with E-state index in [1.165, 1.54) is 6.21 Å². The summed E-state index contributed by atoms with van der Waals surface area (Å²) in [6.07, 6.45) is 0.870. The van der Waals surface area contributed by atoms with Crippen molar-refractivity contribution < 1.29 is 14.3 Å². The highest BCUT2D eigenvalue weighted by Gasteiger charge is 2.13. The van der Waals surface area contributed by atoms with Gasteiger partial charge in [0.05, 0.1) is 13.3 Å². The third-order valence-corrected chi connectivity index (χ3v) is 3.54. The normalized spacial score (nSPS) is 12.0. The topological polar surface area (TPSA) is 59.9 Å². The molecule has 0 aliphatic rings. The van der Waals surface area contributed by atoms with Gasteiger partial charge in [-0.1, -0.05) is 28.1 Å². The van der Waals surface area contributed by atoms with Crippen molar-refractivity contribution in [3.8, 4) is 11.5 Å². The van der Waals surface area contributed by atoms with Crippen molar-refractivity contribution in [1.82, 2.24) is 5.43 Å². The minimum atomic E-state index is -0.661. The number of carbonyl (C=O) groups excluding carboxylic acids is 1. The molecular formula is C17H17BrN2O3. The van der Waals surface area contributed by atoms with E-state index in [1.54, 1.807) is 26.2 Å². The largest absolute Gasteiger partial charge is 0.496 e. The standard InChI is InChI=1S/C17H17BrN2O3/c1-12(23-15-9-7-14(18)8-10-15)17(21)20-19-11-13-5-3-4-6-16(13)22-2/h3-12H,1-2H3,(H,20,21). The molecule has 0 aliphatic carbocycles. The second kappa shape index (κ2) is 8.33. The summed E-state index contributed by atoms with van der Waals surface area (Å²) in [5.74, 6) is 0.966. The highest BCUT2D eigenvalue weighted by atomic mass is 79.9. The van der Waals surface area contributed by atoms with Crippen LogP contribution in [0.4, 0.5) is 0 Å². The molecule has 2 aromatic carbocycles. The predicted molar refractivity (Wildman–Crippen MR) is 93.0 cm³/mol. The monoisotopic (exact) mass is 376 g/mol. The van der Waals surface area contributed by atoms with Gasteiger partial charge in [-0.25, -0.2) is 5.43 Å². The number of nitrogens with one attached hydrogen (secondary N) is 1. The van der Waals surface area contributed by atoms with Gasteiger partial charge in [-0.15, -0.1) is 0 Å². The van der Waals surface area contributed by atoms with Crippen LogP contribution in [0.1, 0.15) is 12.5 Å². The number of hydrazone groups is 1. The average Bonchev–Trinajstić information content (AvgIpc) is 2.57. The van der Waals surface area contributed by atoms with Crippen molar-refractivity contribution in [1.29, 1.82) is 0 Å². The molecule has 0 saturated heterocycles. The highest BCUT2D eigenvalue weighted by molar-refractivity contribution is 9.10. The minimum Gasteiger partial charge on any atom is -0.496 e. The van der Waals surface area contributed by atoms with E-state index in [1.807, 2.05) is 36.4 Å². The predicted octanol–water partition coefficient (Wildman–Crippen LogP) is 3.38. The lowest BCUT2D eigenvalue weighted by Gasteiger charge is -2.12. The Morgan fingerprint density at radius 1 is 1.22 bits per heavy atom. The lowest BCUT2D eigenvalue weighted by molar-refractivity contribution is -0.127. The fourth-order valence-corrected chi connectivity index (χ4v) is 2.06. The van der Waals surface area contributed by atoms with Crippen molar-refractivity contribution in [3.63, 3.8) is 0 Å². The van der Waals surface area contributed by atoms with Crippen LogP contribution in [-0.2, 0) is 4.79 Å². The van der Waals surface area contributed by atoms with Gasteiger partial charge in [0, 0.05) is 10.0 Å².